The van der Waals surface area contributed by atoms with Gasteiger partial charge in [-0.25, -0.2) is 9.18 Å². The van der Waals surface area contributed by atoms with E-state index in [1.807, 2.05) is 0 Å². The van der Waals surface area contributed by atoms with E-state index in [-0.39, 0.29) is 18.7 Å². The lowest BCUT2D eigenvalue weighted by atomic mass is 9.92. The molecule has 0 saturated carbocycles. The molecule has 0 radical (unpaired) electrons. The molecule has 1 aliphatic rings. The van der Waals surface area contributed by atoms with E-state index in [1.165, 1.54) is 24.3 Å². The molecular formula is C25H27F4NO4. The van der Waals surface area contributed by atoms with Crippen LogP contribution in [0.15, 0.2) is 48.5 Å². The molecule has 1 amide bonds. The van der Waals surface area contributed by atoms with Gasteiger partial charge in [0.2, 0.25) is 0 Å². The standard InChI is InChI=1S/C25H27F4NO4/c1-24(2,3)34-23(32)30-20(13-16-4-8-18(9-5-16)25(27,28)29)21-14-17(22(31)33-21)12-15-6-10-19(26)11-7-15/h4-11,17,20-21H,12-14H2,1-3H3,(H,30,32)/t17-,20+,21+/m1/s1. The van der Waals surface area contributed by atoms with Gasteiger partial charge in [-0.05, 0) is 69.0 Å². The lowest BCUT2D eigenvalue weighted by molar-refractivity contribution is -0.145. The predicted octanol–water partition coefficient (Wildman–Crippen LogP) is 5.45. The van der Waals surface area contributed by atoms with Gasteiger partial charge in [0.1, 0.15) is 17.5 Å². The summed E-state index contributed by atoms with van der Waals surface area (Å²) in [5.41, 5.74) is -0.240. The Balaban J connectivity index is 1.75. The van der Waals surface area contributed by atoms with E-state index in [0.29, 0.717) is 12.0 Å². The number of nitrogens with one attached hydrogen (secondary N) is 1. The number of alkyl halides is 3. The van der Waals surface area contributed by atoms with Gasteiger partial charge in [0.05, 0.1) is 17.5 Å². The minimum atomic E-state index is -4.46. The molecular weight excluding hydrogens is 454 g/mol. The van der Waals surface area contributed by atoms with Crippen molar-refractivity contribution in [1.29, 1.82) is 0 Å². The second kappa shape index (κ2) is 10.0. The summed E-state index contributed by atoms with van der Waals surface area (Å²) in [6.45, 7) is 5.10. The van der Waals surface area contributed by atoms with E-state index in [1.54, 1.807) is 32.9 Å². The topological polar surface area (TPSA) is 64.6 Å². The third-order valence-corrected chi connectivity index (χ3v) is 5.40. The van der Waals surface area contributed by atoms with Crippen LogP contribution < -0.4 is 5.32 Å². The van der Waals surface area contributed by atoms with Crippen LogP contribution in [0.5, 0.6) is 0 Å². The molecule has 5 nitrogen and oxygen atoms in total. The first kappa shape index (κ1) is 25.5. The number of benzene rings is 2. The van der Waals surface area contributed by atoms with Crippen molar-refractivity contribution in [1.82, 2.24) is 5.32 Å². The Hall–Kier alpha value is -3.10. The second-order valence-corrected chi connectivity index (χ2v) is 9.39. The molecule has 0 bridgehead atoms. The van der Waals surface area contributed by atoms with Crippen molar-refractivity contribution < 1.29 is 36.6 Å². The average Bonchev–Trinajstić information content (AvgIpc) is 3.08. The van der Waals surface area contributed by atoms with Crippen molar-refractivity contribution >= 4 is 12.1 Å². The van der Waals surface area contributed by atoms with E-state index < -0.39 is 47.5 Å². The van der Waals surface area contributed by atoms with E-state index >= 15 is 0 Å². The number of alkyl carbamates (subject to hydrolysis) is 1. The van der Waals surface area contributed by atoms with Crippen LogP contribution in [0.3, 0.4) is 0 Å². The third kappa shape index (κ3) is 7.20. The number of carbonyl (C=O) groups excluding carboxylic acids is 2. The Labute approximate surface area is 195 Å². The predicted molar refractivity (Wildman–Crippen MR) is 116 cm³/mol. The largest absolute Gasteiger partial charge is 0.460 e. The molecule has 0 spiro atoms. The van der Waals surface area contributed by atoms with E-state index in [0.717, 1.165) is 17.7 Å². The average molecular weight is 481 g/mol. The molecule has 3 atom stereocenters. The summed E-state index contributed by atoms with van der Waals surface area (Å²) < 4.78 is 62.7. The first-order chi connectivity index (χ1) is 15.8. The molecule has 184 valence electrons. The summed E-state index contributed by atoms with van der Waals surface area (Å²) >= 11 is 0. The number of hydrogen-bond acceptors (Lipinski definition) is 4. The second-order valence-electron chi connectivity index (χ2n) is 9.39. The zero-order valence-electron chi connectivity index (χ0n) is 19.1. The van der Waals surface area contributed by atoms with Crippen LogP contribution in [0, 0.1) is 11.7 Å². The van der Waals surface area contributed by atoms with Gasteiger partial charge < -0.3 is 14.8 Å². The molecule has 0 aliphatic carbocycles. The van der Waals surface area contributed by atoms with Crippen molar-refractivity contribution in [3.05, 3.63) is 71.0 Å². The maximum absolute atomic E-state index is 13.2. The van der Waals surface area contributed by atoms with Gasteiger partial charge in [0, 0.05) is 6.42 Å². The molecule has 34 heavy (non-hydrogen) atoms. The highest BCUT2D eigenvalue weighted by Gasteiger charge is 2.40. The van der Waals surface area contributed by atoms with Crippen molar-refractivity contribution in [3.63, 3.8) is 0 Å². The van der Waals surface area contributed by atoms with Crippen LogP contribution in [0.4, 0.5) is 22.4 Å². The molecule has 1 fully saturated rings. The summed E-state index contributed by atoms with van der Waals surface area (Å²) in [5.74, 6) is -1.32. The quantitative estimate of drug-likeness (QED) is 0.440. The number of ether oxygens (including phenoxy) is 2. The number of esters is 1. The highest BCUT2D eigenvalue weighted by Crippen LogP contribution is 2.31. The maximum atomic E-state index is 13.2. The van der Waals surface area contributed by atoms with Crippen molar-refractivity contribution in [2.24, 2.45) is 5.92 Å². The monoisotopic (exact) mass is 481 g/mol. The Kier molecular flexibility index (Phi) is 7.53. The van der Waals surface area contributed by atoms with Gasteiger partial charge in [-0.1, -0.05) is 24.3 Å². The zero-order valence-corrected chi connectivity index (χ0v) is 19.1. The summed E-state index contributed by atoms with van der Waals surface area (Å²) in [6, 6.07) is 9.70. The summed E-state index contributed by atoms with van der Waals surface area (Å²) in [4.78, 5) is 24.9. The lowest BCUT2D eigenvalue weighted by Crippen LogP contribution is -2.46. The van der Waals surface area contributed by atoms with Gasteiger partial charge in [0.15, 0.2) is 0 Å². The number of cyclic esters (lactones) is 1. The van der Waals surface area contributed by atoms with Crippen LogP contribution in [0.1, 0.15) is 43.9 Å². The van der Waals surface area contributed by atoms with Gasteiger partial charge in [-0.15, -0.1) is 0 Å². The number of halogens is 4. The highest BCUT2D eigenvalue weighted by molar-refractivity contribution is 5.75. The van der Waals surface area contributed by atoms with E-state index in [4.69, 9.17) is 9.47 Å². The van der Waals surface area contributed by atoms with Crippen molar-refractivity contribution in [2.45, 2.75) is 64.0 Å². The van der Waals surface area contributed by atoms with Crippen LogP contribution in [0.25, 0.3) is 0 Å². The summed E-state index contributed by atoms with van der Waals surface area (Å²) in [6.07, 6.45) is -5.11. The molecule has 0 unspecified atom stereocenters. The third-order valence-electron chi connectivity index (χ3n) is 5.40. The first-order valence-electron chi connectivity index (χ1n) is 10.9. The van der Waals surface area contributed by atoms with Gasteiger partial charge in [-0.2, -0.15) is 13.2 Å². The molecule has 9 heteroatoms. The molecule has 0 aromatic heterocycles. The summed E-state index contributed by atoms with van der Waals surface area (Å²) in [7, 11) is 0. The Morgan fingerprint density at radius 2 is 1.65 bits per heavy atom. The maximum Gasteiger partial charge on any atom is 0.416 e. The van der Waals surface area contributed by atoms with Gasteiger partial charge >= 0.3 is 18.2 Å². The van der Waals surface area contributed by atoms with Crippen LogP contribution >= 0.6 is 0 Å². The molecule has 1 aliphatic heterocycles. The van der Waals surface area contributed by atoms with Crippen molar-refractivity contribution in [2.75, 3.05) is 0 Å². The highest BCUT2D eigenvalue weighted by atomic mass is 19.4. The fraction of sp³-hybridized carbons (Fsp3) is 0.440. The summed E-state index contributed by atoms with van der Waals surface area (Å²) in [5, 5.41) is 2.71. The fourth-order valence-corrected chi connectivity index (χ4v) is 3.81. The minimum absolute atomic E-state index is 0.137. The smallest absolute Gasteiger partial charge is 0.416 e. The van der Waals surface area contributed by atoms with E-state index in [2.05, 4.69) is 5.32 Å². The Morgan fingerprint density at radius 3 is 2.21 bits per heavy atom. The molecule has 2 aromatic rings. The first-order valence-corrected chi connectivity index (χ1v) is 10.9. The zero-order chi connectivity index (χ0) is 25.1. The SMILES string of the molecule is CC(C)(C)OC(=O)N[C@@H](Cc1ccc(C(F)(F)F)cc1)[C@@H]1C[C@@H](Cc2ccc(F)cc2)C(=O)O1. The Bertz CT molecular complexity index is 998. The van der Waals surface area contributed by atoms with E-state index in [9.17, 15) is 27.2 Å². The molecule has 1 N–H and O–H groups in total. The molecule has 2 aromatic carbocycles. The Morgan fingerprint density at radius 1 is 1.06 bits per heavy atom. The van der Waals surface area contributed by atoms with Crippen molar-refractivity contribution in [3.8, 4) is 0 Å². The lowest BCUT2D eigenvalue weighted by Gasteiger charge is -2.26. The number of amides is 1. The fourth-order valence-electron chi connectivity index (χ4n) is 3.81. The van der Waals surface area contributed by atoms with Crippen LogP contribution in [0.2, 0.25) is 0 Å². The molecule has 1 heterocycles. The van der Waals surface area contributed by atoms with Crippen LogP contribution in [-0.2, 0) is 33.3 Å². The number of hydrogen-bond donors (Lipinski definition) is 1. The van der Waals surface area contributed by atoms with Gasteiger partial charge in [-0.3, -0.25) is 4.79 Å². The number of rotatable bonds is 6. The van der Waals surface area contributed by atoms with Gasteiger partial charge in [0.25, 0.3) is 0 Å². The molecule has 3 rings (SSSR count). The normalized spacial score (nSPS) is 19.4. The minimum Gasteiger partial charge on any atom is -0.460 e. The van der Waals surface area contributed by atoms with Crippen LogP contribution in [-0.4, -0.2) is 29.8 Å². The molecule has 1 saturated heterocycles. The number of carbonyl (C=O) groups is 2.